The minimum atomic E-state index is -0.00494. The number of nitrogens with one attached hydrogen (secondary N) is 3. The molecule has 3 N–H and O–H groups in total. The minimum Gasteiger partial charge on any atom is -0.349 e. The third kappa shape index (κ3) is 5.51. The molecule has 0 unspecified atom stereocenters. The quantitative estimate of drug-likeness (QED) is 0.495. The zero-order valence-corrected chi connectivity index (χ0v) is 18.0. The molecule has 0 saturated heterocycles. The van der Waals surface area contributed by atoms with E-state index in [-0.39, 0.29) is 17.9 Å². The number of fused-ring (bicyclic) bond motifs is 1. The van der Waals surface area contributed by atoms with Crippen molar-refractivity contribution in [3.63, 3.8) is 0 Å². The summed E-state index contributed by atoms with van der Waals surface area (Å²) >= 11 is 0. The number of hydrogen-bond acceptors (Lipinski definition) is 3. The Morgan fingerprint density at radius 3 is 2.48 bits per heavy atom. The maximum atomic E-state index is 12.7. The number of carbonyl (C=O) groups is 2. The monoisotopic (exact) mass is 418 g/mol. The molecule has 1 aliphatic rings. The Hall–Kier alpha value is -3.15. The second-order valence-corrected chi connectivity index (χ2v) is 8.35. The summed E-state index contributed by atoms with van der Waals surface area (Å²) in [7, 11) is 0. The summed E-state index contributed by atoms with van der Waals surface area (Å²) in [6.07, 6.45) is 8.18. The van der Waals surface area contributed by atoms with Gasteiger partial charge in [-0.25, -0.2) is 4.98 Å². The van der Waals surface area contributed by atoms with Crippen LogP contribution in [0.2, 0.25) is 0 Å². The van der Waals surface area contributed by atoms with Gasteiger partial charge in [-0.05, 0) is 48.7 Å². The molecular weight excluding hydrogens is 388 g/mol. The largest absolute Gasteiger partial charge is 0.349 e. The standard InChI is InChI=1S/C25H30N4O2/c1-2-24(30)26-20-12-9-17(10-13-20)15-23-28-21-14-11-18(16-22(21)29-23)25(31)27-19-7-5-3-4-6-8-19/h9-14,16,19H,2-8,15H2,1H3,(H,26,30)(H,27,31)(H,28,29). The van der Waals surface area contributed by atoms with Gasteiger partial charge in [0.25, 0.3) is 5.91 Å². The van der Waals surface area contributed by atoms with Crippen LogP contribution in [0.5, 0.6) is 0 Å². The first-order chi connectivity index (χ1) is 15.1. The molecule has 1 saturated carbocycles. The number of aromatic amines is 1. The van der Waals surface area contributed by atoms with Crippen molar-refractivity contribution in [3.8, 4) is 0 Å². The van der Waals surface area contributed by atoms with Gasteiger partial charge in [0, 0.05) is 30.1 Å². The number of amides is 2. The number of hydrogen-bond donors (Lipinski definition) is 3. The number of carbonyl (C=O) groups excluding carboxylic acids is 2. The molecule has 1 heterocycles. The van der Waals surface area contributed by atoms with E-state index in [1.807, 2.05) is 49.4 Å². The number of rotatable bonds is 6. The van der Waals surface area contributed by atoms with Gasteiger partial charge in [0.05, 0.1) is 11.0 Å². The maximum absolute atomic E-state index is 12.7. The van der Waals surface area contributed by atoms with Gasteiger partial charge in [0.2, 0.25) is 5.91 Å². The van der Waals surface area contributed by atoms with Crippen LogP contribution >= 0.6 is 0 Å². The fourth-order valence-electron chi connectivity index (χ4n) is 4.13. The maximum Gasteiger partial charge on any atom is 0.251 e. The zero-order chi connectivity index (χ0) is 21.6. The Labute approximate surface area is 182 Å². The van der Waals surface area contributed by atoms with E-state index in [1.54, 1.807) is 0 Å². The Bertz CT molecular complexity index is 1050. The van der Waals surface area contributed by atoms with Gasteiger partial charge in [0.15, 0.2) is 0 Å². The number of nitrogens with zero attached hydrogens (tertiary/aromatic N) is 1. The van der Waals surface area contributed by atoms with Gasteiger partial charge in [-0.1, -0.05) is 44.7 Å². The Kier molecular flexibility index (Phi) is 6.65. The highest BCUT2D eigenvalue weighted by atomic mass is 16.2. The highest BCUT2D eigenvalue weighted by molar-refractivity contribution is 5.97. The topological polar surface area (TPSA) is 86.9 Å². The van der Waals surface area contributed by atoms with Crippen molar-refractivity contribution in [2.75, 3.05) is 5.32 Å². The summed E-state index contributed by atoms with van der Waals surface area (Å²) in [6, 6.07) is 13.7. The lowest BCUT2D eigenvalue weighted by atomic mass is 10.1. The van der Waals surface area contributed by atoms with Crippen molar-refractivity contribution in [3.05, 3.63) is 59.4 Å². The summed E-state index contributed by atoms with van der Waals surface area (Å²) in [6.45, 7) is 1.83. The Balaban J connectivity index is 1.42. The molecule has 1 aromatic heterocycles. The van der Waals surface area contributed by atoms with E-state index in [0.29, 0.717) is 18.4 Å². The molecule has 2 amide bonds. The first kappa shape index (κ1) is 21.1. The molecule has 0 aliphatic heterocycles. The predicted octanol–water partition coefficient (Wildman–Crippen LogP) is 4.95. The fourth-order valence-corrected chi connectivity index (χ4v) is 4.13. The van der Waals surface area contributed by atoms with Gasteiger partial charge >= 0.3 is 0 Å². The third-order valence-corrected chi connectivity index (χ3v) is 5.91. The second-order valence-electron chi connectivity index (χ2n) is 8.35. The smallest absolute Gasteiger partial charge is 0.251 e. The van der Waals surface area contributed by atoms with E-state index in [9.17, 15) is 9.59 Å². The van der Waals surface area contributed by atoms with Crippen molar-refractivity contribution in [2.24, 2.45) is 0 Å². The first-order valence-corrected chi connectivity index (χ1v) is 11.3. The Morgan fingerprint density at radius 1 is 1.03 bits per heavy atom. The van der Waals surface area contributed by atoms with E-state index < -0.39 is 0 Å². The van der Waals surface area contributed by atoms with Crippen LogP contribution in [0.15, 0.2) is 42.5 Å². The van der Waals surface area contributed by atoms with Crippen LogP contribution < -0.4 is 10.6 Å². The first-order valence-electron chi connectivity index (χ1n) is 11.3. The third-order valence-electron chi connectivity index (χ3n) is 5.91. The van der Waals surface area contributed by atoms with Crippen LogP contribution in [0.3, 0.4) is 0 Å². The zero-order valence-electron chi connectivity index (χ0n) is 18.0. The second kappa shape index (κ2) is 9.77. The normalized spacial score (nSPS) is 14.9. The van der Waals surface area contributed by atoms with Gasteiger partial charge in [-0.2, -0.15) is 0 Å². The molecule has 0 radical (unpaired) electrons. The van der Waals surface area contributed by atoms with Crippen LogP contribution in [-0.2, 0) is 11.2 Å². The molecule has 2 aromatic carbocycles. The highest BCUT2D eigenvalue weighted by Crippen LogP contribution is 2.20. The summed E-state index contributed by atoms with van der Waals surface area (Å²) in [4.78, 5) is 32.2. The molecule has 0 spiro atoms. The molecule has 1 aliphatic carbocycles. The Morgan fingerprint density at radius 2 is 1.77 bits per heavy atom. The van der Waals surface area contributed by atoms with Gasteiger partial charge in [-0.15, -0.1) is 0 Å². The minimum absolute atomic E-state index is 0.00363. The van der Waals surface area contributed by atoms with E-state index >= 15 is 0 Å². The van der Waals surface area contributed by atoms with Crippen LogP contribution in [0.25, 0.3) is 11.0 Å². The van der Waals surface area contributed by atoms with Crippen molar-refractivity contribution >= 4 is 28.5 Å². The fraction of sp³-hybridized carbons (Fsp3) is 0.400. The van der Waals surface area contributed by atoms with Crippen molar-refractivity contribution in [1.29, 1.82) is 0 Å². The van der Waals surface area contributed by atoms with Gasteiger partial charge in [-0.3, -0.25) is 9.59 Å². The highest BCUT2D eigenvalue weighted by Gasteiger charge is 2.16. The molecule has 1 fully saturated rings. The number of imidazole rings is 1. The summed E-state index contributed by atoms with van der Waals surface area (Å²) in [5.74, 6) is 0.847. The predicted molar refractivity (Wildman–Crippen MR) is 123 cm³/mol. The molecule has 0 bridgehead atoms. The van der Waals surface area contributed by atoms with Crippen molar-refractivity contribution < 1.29 is 9.59 Å². The molecule has 4 rings (SSSR count). The number of H-pyrrole nitrogens is 1. The summed E-state index contributed by atoms with van der Waals surface area (Å²) in [5, 5.41) is 6.06. The number of benzene rings is 2. The van der Waals surface area contributed by atoms with E-state index in [2.05, 4.69) is 20.6 Å². The number of aromatic nitrogens is 2. The average molecular weight is 419 g/mol. The molecule has 6 nitrogen and oxygen atoms in total. The van der Waals surface area contributed by atoms with Crippen molar-refractivity contribution in [2.45, 2.75) is 64.3 Å². The van der Waals surface area contributed by atoms with Gasteiger partial charge < -0.3 is 15.6 Å². The lowest BCUT2D eigenvalue weighted by Crippen LogP contribution is -2.34. The van der Waals surface area contributed by atoms with E-state index in [0.717, 1.165) is 41.0 Å². The van der Waals surface area contributed by atoms with Crippen LogP contribution in [-0.4, -0.2) is 27.8 Å². The van der Waals surface area contributed by atoms with Crippen LogP contribution in [0.1, 0.15) is 73.6 Å². The summed E-state index contributed by atoms with van der Waals surface area (Å²) in [5.41, 5.74) is 4.29. The lowest BCUT2D eigenvalue weighted by molar-refractivity contribution is -0.115. The molecule has 31 heavy (non-hydrogen) atoms. The summed E-state index contributed by atoms with van der Waals surface area (Å²) < 4.78 is 0. The molecule has 162 valence electrons. The van der Waals surface area contributed by atoms with E-state index in [1.165, 1.54) is 25.7 Å². The SMILES string of the molecule is CCC(=O)Nc1ccc(Cc2nc3ccc(C(=O)NC4CCCCCC4)cc3[nH]2)cc1. The van der Waals surface area contributed by atoms with Gasteiger partial charge in [0.1, 0.15) is 5.82 Å². The average Bonchev–Trinajstić information content (AvgIpc) is 3.00. The molecular formula is C25H30N4O2. The molecule has 0 atom stereocenters. The number of anilines is 1. The van der Waals surface area contributed by atoms with Crippen molar-refractivity contribution in [1.82, 2.24) is 15.3 Å². The van der Waals surface area contributed by atoms with Crippen LogP contribution in [0.4, 0.5) is 5.69 Å². The van der Waals surface area contributed by atoms with E-state index in [4.69, 9.17) is 0 Å². The lowest BCUT2D eigenvalue weighted by Gasteiger charge is -2.16. The van der Waals surface area contributed by atoms with Crippen LogP contribution in [0, 0.1) is 0 Å². The molecule has 3 aromatic rings. The molecule has 6 heteroatoms.